The second kappa shape index (κ2) is 5.44. The van der Waals surface area contributed by atoms with Gasteiger partial charge in [0.15, 0.2) is 17.5 Å². The molecule has 0 saturated carbocycles. The van der Waals surface area contributed by atoms with Crippen LogP contribution in [-0.2, 0) is 6.54 Å². The third kappa shape index (κ3) is 2.96. The highest BCUT2D eigenvalue weighted by Gasteiger charge is 2.15. The Morgan fingerprint density at radius 2 is 1.89 bits per heavy atom. The van der Waals surface area contributed by atoms with Crippen LogP contribution in [0, 0.1) is 24.4 Å². The summed E-state index contributed by atoms with van der Waals surface area (Å²) in [5.74, 6) is -4.98. The zero-order valence-electron chi connectivity index (χ0n) is 9.97. The molecule has 0 unspecified atom stereocenters. The van der Waals surface area contributed by atoms with Crippen LogP contribution in [0.2, 0.25) is 0 Å². The summed E-state index contributed by atoms with van der Waals surface area (Å²) in [6.45, 7) is 2.16. The van der Waals surface area contributed by atoms with Crippen LogP contribution in [-0.4, -0.2) is 5.91 Å². The molecule has 0 fully saturated rings. The maximum atomic E-state index is 13.0. The normalized spacial score (nSPS) is 10.5. The Kier molecular flexibility index (Phi) is 3.90. The van der Waals surface area contributed by atoms with Crippen molar-refractivity contribution in [2.75, 3.05) is 0 Å². The van der Waals surface area contributed by atoms with Gasteiger partial charge in [0, 0.05) is 10.4 Å². The van der Waals surface area contributed by atoms with E-state index in [0.29, 0.717) is 12.1 Å². The maximum Gasteiger partial charge on any atom is 0.251 e. The first-order valence-corrected chi connectivity index (χ1v) is 6.32. The summed E-state index contributed by atoms with van der Waals surface area (Å²) in [6, 6.07) is 3.26. The number of hydrogen-bond donors (Lipinski definition) is 1. The van der Waals surface area contributed by atoms with E-state index >= 15 is 0 Å². The molecule has 0 bridgehead atoms. The third-order valence-corrected chi connectivity index (χ3v) is 3.65. The minimum absolute atomic E-state index is 0.245. The lowest BCUT2D eigenvalue weighted by molar-refractivity contribution is 0.0950. The number of aryl methyl sites for hydroxylation is 1. The minimum atomic E-state index is -1.58. The van der Waals surface area contributed by atoms with Crippen molar-refractivity contribution < 1.29 is 18.0 Å². The number of rotatable bonds is 3. The van der Waals surface area contributed by atoms with Crippen LogP contribution in [0.5, 0.6) is 0 Å². The van der Waals surface area contributed by atoms with Crippen LogP contribution in [0.3, 0.4) is 0 Å². The lowest BCUT2D eigenvalue weighted by Crippen LogP contribution is -2.23. The summed E-state index contributed by atoms with van der Waals surface area (Å²) < 4.78 is 38.7. The molecule has 0 spiro atoms. The Balaban J connectivity index is 2.10. The van der Waals surface area contributed by atoms with Crippen molar-refractivity contribution in [3.05, 3.63) is 57.0 Å². The van der Waals surface area contributed by atoms with E-state index in [9.17, 15) is 18.0 Å². The molecular formula is C13H10F3NOS. The summed E-state index contributed by atoms with van der Waals surface area (Å²) in [7, 11) is 0. The van der Waals surface area contributed by atoms with E-state index in [2.05, 4.69) is 5.32 Å². The second-order valence-electron chi connectivity index (χ2n) is 3.96. The molecule has 0 aliphatic heterocycles. The van der Waals surface area contributed by atoms with Crippen molar-refractivity contribution in [2.24, 2.45) is 0 Å². The van der Waals surface area contributed by atoms with Gasteiger partial charge in [0.05, 0.1) is 6.54 Å². The second-order valence-corrected chi connectivity index (χ2v) is 4.96. The topological polar surface area (TPSA) is 29.1 Å². The molecule has 2 rings (SSSR count). The predicted octanol–water partition coefficient (Wildman–Crippen LogP) is 3.40. The smallest absolute Gasteiger partial charge is 0.251 e. The fourth-order valence-electron chi connectivity index (χ4n) is 1.53. The summed E-state index contributed by atoms with van der Waals surface area (Å²) in [4.78, 5) is 12.7. The molecule has 2 aromatic rings. The molecule has 1 aromatic heterocycles. The summed E-state index contributed by atoms with van der Waals surface area (Å²) in [6.07, 6.45) is 0. The van der Waals surface area contributed by atoms with Crippen LogP contribution >= 0.6 is 11.3 Å². The molecule has 1 N–H and O–H groups in total. The van der Waals surface area contributed by atoms with Crippen molar-refractivity contribution in [1.29, 1.82) is 0 Å². The first-order valence-electron chi connectivity index (χ1n) is 5.44. The van der Waals surface area contributed by atoms with Gasteiger partial charge in [0.2, 0.25) is 0 Å². The average molecular weight is 285 g/mol. The average Bonchev–Trinajstić information content (AvgIpc) is 2.78. The van der Waals surface area contributed by atoms with Gasteiger partial charge in [-0.3, -0.25) is 4.79 Å². The first-order chi connectivity index (χ1) is 8.99. The molecule has 0 radical (unpaired) electrons. The van der Waals surface area contributed by atoms with E-state index in [1.165, 1.54) is 11.3 Å². The van der Waals surface area contributed by atoms with Gasteiger partial charge in [0.1, 0.15) is 0 Å². The quantitative estimate of drug-likeness (QED) is 0.860. The Bertz CT molecular complexity index is 601. The number of benzene rings is 1. The molecule has 1 aromatic carbocycles. The van der Waals surface area contributed by atoms with E-state index in [0.717, 1.165) is 10.4 Å². The fourth-order valence-corrected chi connectivity index (χ4v) is 2.38. The molecule has 19 heavy (non-hydrogen) atoms. The molecule has 0 aliphatic rings. The standard InChI is InChI=1S/C13H10F3NOS/c1-7-2-3-19-11(7)6-17-13(18)8-4-9(14)12(16)10(15)5-8/h2-5H,6H2,1H3,(H,17,18). The Labute approximate surface area is 111 Å². The van der Waals surface area contributed by atoms with Crippen molar-refractivity contribution in [3.8, 4) is 0 Å². The van der Waals surface area contributed by atoms with Gasteiger partial charge in [-0.1, -0.05) is 0 Å². The number of halogens is 3. The number of carbonyl (C=O) groups is 1. The monoisotopic (exact) mass is 285 g/mol. The van der Waals surface area contributed by atoms with Crippen LogP contribution in [0.15, 0.2) is 23.6 Å². The summed E-state index contributed by atoms with van der Waals surface area (Å²) in [5.41, 5.74) is 0.785. The molecule has 1 amide bonds. The Morgan fingerprint density at radius 1 is 1.26 bits per heavy atom. The third-order valence-electron chi connectivity index (χ3n) is 2.62. The van der Waals surface area contributed by atoms with Crippen molar-refractivity contribution in [2.45, 2.75) is 13.5 Å². The van der Waals surface area contributed by atoms with Gasteiger partial charge in [-0.2, -0.15) is 0 Å². The molecule has 100 valence electrons. The predicted molar refractivity (Wildman–Crippen MR) is 66.5 cm³/mol. The zero-order chi connectivity index (χ0) is 14.0. The minimum Gasteiger partial charge on any atom is -0.347 e. The summed E-state index contributed by atoms with van der Waals surface area (Å²) in [5, 5.41) is 4.41. The van der Waals surface area contributed by atoms with Crippen LogP contribution in [0.4, 0.5) is 13.2 Å². The molecule has 0 aliphatic carbocycles. The number of hydrogen-bond acceptors (Lipinski definition) is 2. The first kappa shape index (κ1) is 13.6. The molecule has 1 heterocycles. The van der Waals surface area contributed by atoms with Crippen LogP contribution in [0.25, 0.3) is 0 Å². The van der Waals surface area contributed by atoms with Crippen molar-refractivity contribution in [1.82, 2.24) is 5.32 Å². The SMILES string of the molecule is Cc1ccsc1CNC(=O)c1cc(F)c(F)c(F)c1. The molecule has 0 atom stereocenters. The molecular weight excluding hydrogens is 275 g/mol. The molecule has 6 heteroatoms. The van der Waals surface area contributed by atoms with Crippen LogP contribution < -0.4 is 5.32 Å². The van der Waals surface area contributed by atoms with Crippen molar-refractivity contribution >= 4 is 17.2 Å². The molecule has 0 saturated heterocycles. The number of nitrogens with one attached hydrogen (secondary N) is 1. The largest absolute Gasteiger partial charge is 0.347 e. The highest BCUT2D eigenvalue weighted by atomic mass is 32.1. The Hall–Kier alpha value is -1.82. The highest BCUT2D eigenvalue weighted by Crippen LogP contribution is 2.16. The van der Waals surface area contributed by atoms with Gasteiger partial charge in [0.25, 0.3) is 5.91 Å². The van der Waals surface area contributed by atoms with Crippen LogP contribution in [0.1, 0.15) is 20.8 Å². The fraction of sp³-hybridized carbons (Fsp3) is 0.154. The van der Waals surface area contributed by atoms with Gasteiger partial charge < -0.3 is 5.32 Å². The van der Waals surface area contributed by atoms with Gasteiger partial charge in [-0.05, 0) is 36.1 Å². The Morgan fingerprint density at radius 3 is 2.42 bits per heavy atom. The van der Waals surface area contributed by atoms with E-state index in [4.69, 9.17) is 0 Å². The van der Waals surface area contributed by atoms with E-state index < -0.39 is 23.4 Å². The van der Waals surface area contributed by atoms with E-state index in [1.807, 2.05) is 18.4 Å². The van der Waals surface area contributed by atoms with Crippen molar-refractivity contribution in [3.63, 3.8) is 0 Å². The van der Waals surface area contributed by atoms with Gasteiger partial charge in [-0.25, -0.2) is 13.2 Å². The van der Waals surface area contributed by atoms with Gasteiger partial charge in [-0.15, -0.1) is 11.3 Å². The maximum absolute atomic E-state index is 13.0. The highest BCUT2D eigenvalue weighted by molar-refractivity contribution is 7.10. The molecule has 2 nitrogen and oxygen atoms in total. The number of carbonyl (C=O) groups excluding carboxylic acids is 1. The zero-order valence-corrected chi connectivity index (χ0v) is 10.8. The number of thiophene rings is 1. The number of amides is 1. The summed E-state index contributed by atoms with van der Waals surface area (Å²) >= 11 is 1.47. The van der Waals surface area contributed by atoms with E-state index in [-0.39, 0.29) is 12.1 Å². The van der Waals surface area contributed by atoms with Gasteiger partial charge >= 0.3 is 0 Å². The lowest BCUT2D eigenvalue weighted by Gasteiger charge is -2.05. The van der Waals surface area contributed by atoms with E-state index in [1.54, 1.807) is 0 Å². The lowest BCUT2D eigenvalue weighted by atomic mass is 10.2.